The van der Waals surface area contributed by atoms with Gasteiger partial charge in [-0.3, -0.25) is 0 Å². The third-order valence-corrected chi connectivity index (χ3v) is 5.02. The molecule has 2 aliphatic carbocycles. The van der Waals surface area contributed by atoms with Crippen molar-refractivity contribution in [2.24, 2.45) is 5.92 Å². The topological polar surface area (TPSA) is 35.5 Å². The number of aliphatic hydroxyl groups is 1. The summed E-state index contributed by atoms with van der Waals surface area (Å²) in [7, 11) is 0. The molecule has 1 unspecified atom stereocenters. The van der Waals surface area contributed by atoms with Gasteiger partial charge in [-0.1, -0.05) is 18.2 Å². The Morgan fingerprint density at radius 2 is 1.95 bits per heavy atom. The molecule has 0 radical (unpaired) electrons. The summed E-state index contributed by atoms with van der Waals surface area (Å²) in [5.41, 5.74) is 2.50. The number of rotatable bonds is 8. The van der Waals surface area contributed by atoms with Crippen molar-refractivity contribution >= 4 is 5.69 Å². The molecule has 2 N–H and O–H groups in total. The van der Waals surface area contributed by atoms with Gasteiger partial charge in [0.05, 0.1) is 12.1 Å². The number of likely N-dealkylation sites (N-methyl/N-ethyl adjacent to an activating group) is 1. The summed E-state index contributed by atoms with van der Waals surface area (Å²) in [4.78, 5) is 2.43. The smallest absolute Gasteiger partial charge is 0.0633 e. The highest BCUT2D eigenvalue weighted by Crippen LogP contribution is 2.42. The average Bonchev–Trinajstić information content (AvgIpc) is 3.38. The SMILES string of the molecule is CCN(CC(CO)(NC1CC1)C1CC1)c1ccccc1C. The highest BCUT2D eigenvalue weighted by atomic mass is 16.3. The minimum atomic E-state index is -0.112. The molecule has 3 heteroatoms. The third kappa shape index (κ3) is 3.24. The molecule has 2 fully saturated rings. The van der Waals surface area contributed by atoms with E-state index in [2.05, 4.69) is 48.3 Å². The molecular formula is C18H28N2O. The van der Waals surface area contributed by atoms with E-state index in [1.807, 2.05) is 0 Å². The Morgan fingerprint density at radius 3 is 2.48 bits per heavy atom. The lowest BCUT2D eigenvalue weighted by atomic mass is 9.92. The third-order valence-electron chi connectivity index (χ3n) is 5.02. The standard InChI is InChI=1S/C18H28N2O/c1-3-20(17-7-5-4-6-14(17)2)12-18(13-21,15-8-9-15)19-16-10-11-16/h4-7,15-16,19,21H,3,8-13H2,1-2H3. The van der Waals surface area contributed by atoms with Gasteiger partial charge in [0.2, 0.25) is 0 Å². The van der Waals surface area contributed by atoms with Gasteiger partial charge in [0.1, 0.15) is 0 Å². The Kier molecular flexibility index (Phi) is 4.23. The summed E-state index contributed by atoms with van der Waals surface area (Å²) < 4.78 is 0. The van der Waals surface area contributed by atoms with Crippen LogP contribution >= 0.6 is 0 Å². The summed E-state index contributed by atoms with van der Waals surface area (Å²) in [6.45, 7) is 6.51. The Hall–Kier alpha value is -1.06. The van der Waals surface area contributed by atoms with Crippen molar-refractivity contribution in [2.75, 3.05) is 24.6 Å². The Balaban J connectivity index is 1.80. The number of nitrogens with one attached hydrogen (secondary N) is 1. The molecule has 0 bridgehead atoms. The maximum Gasteiger partial charge on any atom is 0.0633 e. The number of benzene rings is 1. The van der Waals surface area contributed by atoms with Crippen LogP contribution in [-0.4, -0.2) is 36.4 Å². The predicted octanol–water partition coefficient (Wildman–Crippen LogP) is 2.71. The van der Waals surface area contributed by atoms with Gasteiger partial charge in [-0.15, -0.1) is 0 Å². The minimum Gasteiger partial charge on any atom is -0.394 e. The van der Waals surface area contributed by atoms with Crippen molar-refractivity contribution in [2.45, 2.75) is 51.1 Å². The quantitative estimate of drug-likeness (QED) is 0.772. The van der Waals surface area contributed by atoms with Crippen LogP contribution < -0.4 is 10.2 Å². The summed E-state index contributed by atoms with van der Waals surface area (Å²) >= 11 is 0. The summed E-state index contributed by atoms with van der Waals surface area (Å²) in [6, 6.07) is 9.20. The Bertz CT molecular complexity index is 482. The second-order valence-electron chi connectivity index (χ2n) is 6.81. The van der Waals surface area contributed by atoms with E-state index < -0.39 is 0 Å². The van der Waals surface area contributed by atoms with Crippen LogP contribution in [0.15, 0.2) is 24.3 Å². The van der Waals surface area contributed by atoms with E-state index in [9.17, 15) is 5.11 Å². The highest BCUT2D eigenvalue weighted by Gasteiger charge is 2.48. The maximum atomic E-state index is 10.1. The van der Waals surface area contributed by atoms with Crippen molar-refractivity contribution in [3.63, 3.8) is 0 Å². The zero-order valence-electron chi connectivity index (χ0n) is 13.3. The molecule has 1 aromatic rings. The summed E-state index contributed by atoms with van der Waals surface area (Å²) in [5, 5.41) is 13.9. The van der Waals surface area contributed by atoms with Gasteiger partial charge < -0.3 is 15.3 Å². The molecule has 21 heavy (non-hydrogen) atoms. The first kappa shape index (κ1) is 14.9. The first-order valence-electron chi connectivity index (χ1n) is 8.37. The number of anilines is 1. The molecular weight excluding hydrogens is 260 g/mol. The number of hydrogen-bond acceptors (Lipinski definition) is 3. The van der Waals surface area contributed by atoms with E-state index in [0.717, 1.165) is 13.1 Å². The fourth-order valence-corrected chi connectivity index (χ4v) is 3.41. The maximum absolute atomic E-state index is 10.1. The molecule has 1 aromatic carbocycles. The van der Waals surface area contributed by atoms with E-state index >= 15 is 0 Å². The lowest BCUT2D eigenvalue weighted by Gasteiger charge is -2.40. The van der Waals surface area contributed by atoms with Gasteiger partial charge in [-0.25, -0.2) is 0 Å². The molecule has 0 saturated heterocycles. The normalized spacial score (nSPS) is 21.1. The summed E-state index contributed by atoms with van der Waals surface area (Å²) in [5.74, 6) is 0.640. The molecule has 2 saturated carbocycles. The van der Waals surface area contributed by atoms with E-state index in [1.54, 1.807) is 0 Å². The van der Waals surface area contributed by atoms with Crippen molar-refractivity contribution in [3.05, 3.63) is 29.8 Å². The second-order valence-corrected chi connectivity index (χ2v) is 6.81. The van der Waals surface area contributed by atoms with Crippen molar-refractivity contribution in [1.82, 2.24) is 5.32 Å². The molecule has 3 rings (SSSR count). The van der Waals surface area contributed by atoms with Gasteiger partial charge in [0.25, 0.3) is 0 Å². The van der Waals surface area contributed by atoms with Crippen LogP contribution in [0.25, 0.3) is 0 Å². The van der Waals surface area contributed by atoms with Crippen LogP contribution in [0.5, 0.6) is 0 Å². The number of aryl methyl sites for hydroxylation is 1. The van der Waals surface area contributed by atoms with E-state index in [1.165, 1.54) is 36.9 Å². The minimum absolute atomic E-state index is 0.112. The highest BCUT2D eigenvalue weighted by molar-refractivity contribution is 5.53. The van der Waals surface area contributed by atoms with Gasteiger partial charge in [-0.2, -0.15) is 0 Å². The Morgan fingerprint density at radius 1 is 1.24 bits per heavy atom. The molecule has 0 aromatic heterocycles. The van der Waals surface area contributed by atoms with Crippen LogP contribution in [0.1, 0.15) is 38.2 Å². The largest absolute Gasteiger partial charge is 0.394 e. The number of aliphatic hydroxyl groups excluding tert-OH is 1. The molecule has 2 aliphatic rings. The molecule has 116 valence electrons. The first-order chi connectivity index (χ1) is 10.2. The van der Waals surface area contributed by atoms with Crippen LogP contribution in [-0.2, 0) is 0 Å². The number of hydrogen-bond donors (Lipinski definition) is 2. The van der Waals surface area contributed by atoms with Crippen LogP contribution in [0.2, 0.25) is 0 Å². The zero-order chi connectivity index (χ0) is 14.9. The number of para-hydroxylation sites is 1. The summed E-state index contributed by atoms with van der Waals surface area (Å²) in [6.07, 6.45) is 5.05. The molecule has 0 amide bonds. The van der Waals surface area contributed by atoms with E-state index in [0.29, 0.717) is 12.0 Å². The number of nitrogens with zero attached hydrogens (tertiary/aromatic N) is 1. The van der Waals surface area contributed by atoms with Gasteiger partial charge >= 0.3 is 0 Å². The van der Waals surface area contributed by atoms with Crippen LogP contribution in [0.3, 0.4) is 0 Å². The molecule has 0 aliphatic heterocycles. The lowest BCUT2D eigenvalue weighted by molar-refractivity contribution is 0.142. The zero-order valence-corrected chi connectivity index (χ0v) is 13.3. The molecule has 1 atom stereocenters. The van der Waals surface area contributed by atoms with Crippen LogP contribution in [0.4, 0.5) is 5.69 Å². The predicted molar refractivity (Wildman–Crippen MR) is 87.8 cm³/mol. The van der Waals surface area contributed by atoms with Gasteiger partial charge in [-0.05, 0) is 57.1 Å². The molecule has 3 nitrogen and oxygen atoms in total. The van der Waals surface area contributed by atoms with Gasteiger partial charge in [0.15, 0.2) is 0 Å². The second kappa shape index (κ2) is 5.98. The fourth-order valence-electron chi connectivity index (χ4n) is 3.41. The molecule has 0 spiro atoms. The molecule has 0 heterocycles. The van der Waals surface area contributed by atoms with Crippen molar-refractivity contribution in [1.29, 1.82) is 0 Å². The Labute approximate surface area is 128 Å². The monoisotopic (exact) mass is 288 g/mol. The van der Waals surface area contributed by atoms with E-state index in [4.69, 9.17) is 0 Å². The fraction of sp³-hybridized carbons (Fsp3) is 0.667. The van der Waals surface area contributed by atoms with E-state index in [-0.39, 0.29) is 12.1 Å². The van der Waals surface area contributed by atoms with Crippen molar-refractivity contribution < 1.29 is 5.11 Å². The first-order valence-corrected chi connectivity index (χ1v) is 8.37. The van der Waals surface area contributed by atoms with Crippen LogP contribution in [0, 0.1) is 12.8 Å². The van der Waals surface area contributed by atoms with Gasteiger partial charge in [0, 0.05) is 24.8 Å². The average molecular weight is 288 g/mol. The lowest BCUT2D eigenvalue weighted by Crippen LogP contribution is -2.59. The van der Waals surface area contributed by atoms with Crippen molar-refractivity contribution in [3.8, 4) is 0 Å².